The zero-order valence-corrected chi connectivity index (χ0v) is 13.2. The molecule has 0 aliphatic heterocycles. The van der Waals surface area contributed by atoms with E-state index in [2.05, 4.69) is 15.4 Å². The molecule has 0 heterocycles. The minimum absolute atomic E-state index is 0.000961. The number of alkyl halides is 2. The fourth-order valence-corrected chi connectivity index (χ4v) is 1.75. The lowest BCUT2D eigenvalue weighted by Gasteiger charge is -2.15. The van der Waals surface area contributed by atoms with Gasteiger partial charge in [-0.3, -0.25) is 9.59 Å². The number of hydrogen-bond acceptors (Lipinski definition) is 4. The molecule has 0 saturated carbocycles. The summed E-state index contributed by atoms with van der Waals surface area (Å²) in [4.78, 5) is 23.8. The fourth-order valence-electron chi connectivity index (χ4n) is 1.75. The van der Waals surface area contributed by atoms with Gasteiger partial charge in [-0.2, -0.15) is 8.78 Å². The zero-order chi connectivity index (χ0) is 17.4. The second-order valence-corrected chi connectivity index (χ2v) is 4.73. The van der Waals surface area contributed by atoms with Crippen molar-refractivity contribution in [1.29, 1.82) is 0 Å². The predicted molar refractivity (Wildman–Crippen MR) is 79.9 cm³/mol. The van der Waals surface area contributed by atoms with Crippen LogP contribution in [-0.4, -0.2) is 38.1 Å². The quantitative estimate of drug-likeness (QED) is 0.764. The summed E-state index contributed by atoms with van der Waals surface area (Å²) in [5, 5.41) is 5.18. The van der Waals surface area contributed by atoms with E-state index in [0.717, 1.165) is 6.42 Å². The highest BCUT2D eigenvalue weighted by atomic mass is 19.3. The van der Waals surface area contributed by atoms with E-state index in [4.69, 9.17) is 4.74 Å². The minimum Gasteiger partial charge on any atom is -0.493 e. The summed E-state index contributed by atoms with van der Waals surface area (Å²) in [5.74, 6) is -0.996. The van der Waals surface area contributed by atoms with Crippen LogP contribution in [0.5, 0.6) is 11.5 Å². The standard InChI is InChI=1S/C15H20F2N2O4/c1-4-7-18-13(20)9(2)19-14(21)10-5-6-11(23-15(16)17)12(8-10)22-3/h5-6,8-9,15H,4,7H2,1-3H3,(H,18,20)(H,19,21)/t9-/m1/s1. The Bertz CT molecular complexity index is 552. The Kier molecular flexibility index (Phi) is 7.24. The van der Waals surface area contributed by atoms with Crippen LogP contribution in [-0.2, 0) is 4.79 Å². The van der Waals surface area contributed by atoms with Gasteiger partial charge in [-0.15, -0.1) is 0 Å². The van der Waals surface area contributed by atoms with Gasteiger partial charge in [0.2, 0.25) is 5.91 Å². The molecule has 0 radical (unpaired) electrons. The van der Waals surface area contributed by atoms with Gasteiger partial charge in [-0.1, -0.05) is 6.92 Å². The molecular weight excluding hydrogens is 310 g/mol. The Hall–Kier alpha value is -2.38. The van der Waals surface area contributed by atoms with Gasteiger partial charge in [-0.05, 0) is 31.5 Å². The van der Waals surface area contributed by atoms with Crippen LogP contribution in [0.4, 0.5) is 8.78 Å². The minimum atomic E-state index is -2.99. The molecule has 1 aromatic rings. The monoisotopic (exact) mass is 330 g/mol. The van der Waals surface area contributed by atoms with E-state index in [0.29, 0.717) is 6.54 Å². The maximum Gasteiger partial charge on any atom is 0.387 e. The first-order valence-electron chi connectivity index (χ1n) is 7.10. The molecule has 0 fully saturated rings. The van der Waals surface area contributed by atoms with Crippen molar-refractivity contribution in [2.75, 3.05) is 13.7 Å². The molecule has 0 aliphatic carbocycles. The molecule has 1 rings (SSSR count). The van der Waals surface area contributed by atoms with Gasteiger partial charge in [0, 0.05) is 12.1 Å². The highest BCUT2D eigenvalue weighted by Crippen LogP contribution is 2.29. The van der Waals surface area contributed by atoms with Crippen LogP contribution in [0.15, 0.2) is 18.2 Å². The van der Waals surface area contributed by atoms with E-state index in [-0.39, 0.29) is 23.0 Å². The molecule has 0 aliphatic rings. The van der Waals surface area contributed by atoms with Crippen molar-refractivity contribution in [1.82, 2.24) is 10.6 Å². The summed E-state index contributed by atoms with van der Waals surface area (Å²) >= 11 is 0. The third-order valence-corrected chi connectivity index (χ3v) is 2.93. The maximum atomic E-state index is 12.3. The fraction of sp³-hybridized carbons (Fsp3) is 0.467. The van der Waals surface area contributed by atoms with Crippen molar-refractivity contribution < 1.29 is 27.8 Å². The normalized spacial score (nSPS) is 11.7. The molecule has 1 aromatic carbocycles. The Balaban J connectivity index is 2.78. The van der Waals surface area contributed by atoms with Gasteiger partial charge in [0.1, 0.15) is 6.04 Å². The van der Waals surface area contributed by atoms with Crippen molar-refractivity contribution in [2.45, 2.75) is 32.9 Å². The molecule has 2 N–H and O–H groups in total. The van der Waals surface area contributed by atoms with Gasteiger partial charge >= 0.3 is 6.61 Å². The van der Waals surface area contributed by atoms with Crippen LogP contribution < -0.4 is 20.1 Å². The van der Waals surface area contributed by atoms with Crippen LogP contribution in [0.25, 0.3) is 0 Å². The molecule has 23 heavy (non-hydrogen) atoms. The molecule has 128 valence electrons. The van der Waals surface area contributed by atoms with E-state index >= 15 is 0 Å². The number of hydrogen-bond donors (Lipinski definition) is 2. The number of methoxy groups -OCH3 is 1. The van der Waals surface area contributed by atoms with Crippen molar-refractivity contribution in [3.63, 3.8) is 0 Å². The topological polar surface area (TPSA) is 76.7 Å². The lowest BCUT2D eigenvalue weighted by atomic mass is 10.1. The number of amides is 2. The second kappa shape index (κ2) is 8.92. The Labute approximate surface area is 133 Å². The van der Waals surface area contributed by atoms with Crippen LogP contribution >= 0.6 is 0 Å². The number of rotatable bonds is 8. The molecular formula is C15H20F2N2O4. The van der Waals surface area contributed by atoms with Crippen molar-refractivity contribution in [3.05, 3.63) is 23.8 Å². The number of ether oxygens (including phenoxy) is 2. The Morgan fingerprint density at radius 1 is 1.26 bits per heavy atom. The van der Waals surface area contributed by atoms with Crippen molar-refractivity contribution in [3.8, 4) is 11.5 Å². The lowest BCUT2D eigenvalue weighted by molar-refractivity contribution is -0.122. The molecule has 0 aromatic heterocycles. The summed E-state index contributed by atoms with van der Waals surface area (Å²) in [5.41, 5.74) is 0.165. The molecule has 1 atom stereocenters. The number of carbonyl (C=O) groups is 2. The predicted octanol–water partition coefficient (Wildman–Crippen LogP) is 1.94. The first-order chi connectivity index (χ1) is 10.9. The number of carbonyl (C=O) groups excluding carboxylic acids is 2. The van der Waals surface area contributed by atoms with Gasteiger partial charge < -0.3 is 20.1 Å². The van der Waals surface area contributed by atoms with Crippen molar-refractivity contribution in [2.24, 2.45) is 0 Å². The van der Waals surface area contributed by atoms with Crippen molar-refractivity contribution >= 4 is 11.8 Å². The van der Waals surface area contributed by atoms with E-state index in [1.165, 1.54) is 25.3 Å². The largest absolute Gasteiger partial charge is 0.493 e. The molecule has 2 amide bonds. The summed E-state index contributed by atoms with van der Waals surface area (Å²) < 4.78 is 33.7. The number of nitrogens with one attached hydrogen (secondary N) is 2. The van der Waals surface area contributed by atoms with E-state index in [9.17, 15) is 18.4 Å². The first-order valence-corrected chi connectivity index (χ1v) is 7.10. The van der Waals surface area contributed by atoms with Gasteiger partial charge in [0.15, 0.2) is 11.5 Å². The molecule has 0 saturated heterocycles. The average molecular weight is 330 g/mol. The first kappa shape index (κ1) is 18.7. The van der Waals surface area contributed by atoms with Crippen LogP contribution in [0.1, 0.15) is 30.6 Å². The van der Waals surface area contributed by atoms with Crippen LogP contribution in [0, 0.1) is 0 Å². The third-order valence-electron chi connectivity index (χ3n) is 2.93. The maximum absolute atomic E-state index is 12.3. The number of benzene rings is 1. The smallest absolute Gasteiger partial charge is 0.387 e. The molecule has 0 bridgehead atoms. The molecule has 0 spiro atoms. The van der Waals surface area contributed by atoms with Gasteiger partial charge in [-0.25, -0.2) is 0 Å². The molecule has 0 unspecified atom stereocenters. The SMILES string of the molecule is CCCNC(=O)[C@@H](C)NC(=O)c1ccc(OC(F)F)c(OC)c1. The van der Waals surface area contributed by atoms with E-state index in [1.807, 2.05) is 6.92 Å². The summed E-state index contributed by atoms with van der Waals surface area (Å²) in [7, 11) is 1.27. The second-order valence-electron chi connectivity index (χ2n) is 4.73. The average Bonchev–Trinajstić information content (AvgIpc) is 2.52. The molecule has 8 heteroatoms. The zero-order valence-electron chi connectivity index (χ0n) is 13.2. The van der Waals surface area contributed by atoms with E-state index < -0.39 is 18.6 Å². The van der Waals surface area contributed by atoms with Gasteiger partial charge in [0.25, 0.3) is 5.91 Å². The Morgan fingerprint density at radius 3 is 2.52 bits per heavy atom. The Morgan fingerprint density at radius 2 is 1.96 bits per heavy atom. The highest BCUT2D eigenvalue weighted by molar-refractivity contribution is 5.97. The van der Waals surface area contributed by atoms with E-state index in [1.54, 1.807) is 6.92 Å². The highest BCUT2D eigenvalue weighted by Gasteiger charge is 2.18. The summed E-state index contributed by atoms with van der Waals surface area (Å²) in [6.07, 6.45) is 0.787. The third kappa shape index (κ3) is 5.72. The molecule has 6 nitrogen and oxygen atoms in total. The number of halogens is 2. The lowest BCUT2D eigenvalue weighted by Crippen LogP contribution is -2.45. The summed E-state index contributed by atoms with van der Waals surface area (Å²) in [6.45, 7) is 0.991. The summed E-state index contributed by atoms with van der Waals surface area (Å²) in [6, 6.07) is 3.06. The van der Waals surface area contributed by atoms with Gasteiger partial charge in [0.05, 0.1) is 7.11 Å². The van der Waals surface area contributed by atoms with Crippen LogP contribution in [0.3, 0.4) is 0 Å². The van der Waals surface area contributed by atoms with Crippen LogP contribution in [0.2, 0.25) is 0 Å².